The van der Waals surface area contributed by atoms with E-state index in [1.807, 2.05) is 11.9 Å². The number of ether oxygens (including phenoxy) is 2. The lowest BCUT2D eigenvalue weighted by Crippen LogP contribution is -2.34. The molecule has 0 spiro atoms. The van der Waals surface area contributed by atoms with Crippen LogP contribution < -0.4 is 10.1 Å². The minimum absolute atomic E-state index is 0.0291. The van der Waals surface area contributed by atoms with Gasteiger partial charge in [0.25, 0.3) is 17.3 Å². The fraction of sp³-hybridized carbons (Fsp3) is 0.391. The van der Waals surface area contributed by atoms with Gasteiger partial charge in [0.15, 0.2) is 0 Å². The van der Waals surface area contributed by atoms with Gasteiger partial charge in [-0.2, -0.15) is 0 Å². The number of hydrogen-bond donors (Lipinski definition) is 2. The number of methoxy groups -OCH3 is 1. The van der Waals surface area contributed by atoms with Crippen molar-refractivity contribution in [3.05, 3.63) is 73.8 Å². The molecule has 194 valence electrons. The number of likely N-dealkylation sites (N-methyl/N-ethyl adjacent to an activating group) is 1. The lowest BCUT2D eigenvalue weighted by Gasteiger charge is -2.18. The fourth-order valence-corrected chi connectivity index (χ4v) is 3.12. The molecule has 0 heterocycles. The van der Waals surface area contributed by atoms with Crippen molar-refractivity contribution < 1.29 is 34.0 Å². The Morgan fingerprint density at radius 1 is 1.06 bits per heavy atom. The third-order valence-corrected chi connectivity index (χ3v) is 5.21. The zero-order chi connectivity index (χ0) is 26.7. The van der Waals surface area contributed by atoms with E-state index in [0.717, 1.165) is 11.6 Å². The predicted octanol–water partition coefficient (Wildman–Crippen LogP) is 1.71. The molecule has 1 amide bonds. The van der Waals surface area contributed by atoms with Crippen LogP contribution >= 0.6 is 0 Å². The molecule has 2 rings (SSSR count). The Morgan fingerprint density at radius 2 is 1.69 bits per heavy atom. The van der Waals surface area contributed by atoms with Gasteiger partial charge in [0.1, 0.15) is 12.4 Å². The first kappa shape index (κ1) is 28.1. The maximum absolute atomic E-state index is 12.6. The molecule has 2 aromatic rings. The summed E-state index contributed by atoms with van der Waals surface area (Å²) in [5.41, 5.74) is 0.587. The van der Waals surface area contributed by atoms with Gasteiger partial charge in [-0.05, 0) is 25.1 Å². The minimum Gasteiger partial charge on any atom is -0.491 e. The van der Waals surface area contributed by atoms with Gasteiger partial charge in [-0.3, -0.25) is 29.8 Å². The van der Waals surface area contributed by atoms with E-state index in [4.69, 9.17) is 4.74 Å². The number of aliphatic hydroxyl groups is 1. The largest absolute Gasteiger partial charge is 0.491 e. The number of hydrogen-bond acceptors (Lipinski definition) is 10. The van der Waals surface area contributed by atoms with E-state index in [2.05, 4.69) is 10.1 Å². The van der Waals surface area contributed by atoms with Gasteiger partial charge in [-0.1, -0.05) is 12.1 Å². The first-order valence-electron chi connectivity index (χ1n) is 11.0. The molecule has 0 aliphatic carbocycles. The molecule has 0 aliphatic rings. The van der Waals surface area contributed by atoms with Crippen LogP contribution in [-0.4, -0.2) is 78.2 Å². The lowest BCUT2D eigenvalue weighted by molar-refractivity contribution is -0.385. The minimum atomic E-state index is -1.19. The molecule has 0 saturated carbocycles. The summed E-state index contributed by atoms with van der Waals surface area (Å²) in [5.74, 6) is -1.22. The average molecular weight is 504 g/mol. The second-order valence-electron chi connectivity index (χ2n) is 7.91. The molecule has 36 heavy (non-hydrogen) atoms. The molecule has 0 aliphatic heterocycles. The van der Waals surface area contributed by atoms with Crippen LogP contribution in [-0.2, 0) is 16.0 Å². The molecule has 0 saturated heterocycles. The van der Waals surface area contributed by atoms with E-state index >= 15 is 0 Å². The molecule has 1 atom stereocenters. The number of rotatable bonds is 14. The summed E-state index contributed by atoms with van der Waals surface area (Å²) in [6, 6.07) is 9.93. The van der Waals surface area contributed by atoms with Crippen LogP contribution in [0.4, 0.5) is 11.4 Å². The smallest absolute Gasteiger partial charge is 0.308 e. The number of esters is 1. The Kier molecular flexibility index (Phi) is 10.7. The van der Waals surface area contributed by atoms with E-state index in [1.165, 1.54) is 31.4 Å². The van der Waals surface area contributed by atoms with Crippen molar-refractivity contribution in [1.29, 1.82) is 0 Å². The molecule has 2 N–H and O–H groups in total. The number of nitro groups is 2. The Morgan fingerprint density at radius 3 is 2.31 bits per heavy atom. The molecule has 2 aromatic carbocycles. The molecule has 0 fully saturated rings. The molecular formula is C23H28N4O9. The monoisotopic (exact) mass is 504 g/mol. The number of benzene rings is 2. The van der Waals surface area contributed by atoms with Crippen LogP contribution in [0, 0.1) is 20.2 Å². The van der Waals surface area contributed by atoms with Crippen molar-refractivity contribution in [2.75, 3.05) is 40.4 Å². The van der Waals surface area contributed by atoms with E-state index < -0.39 is 27.8 Å². The van der Waals surface area contributed by atoms with Crippen molar-refractivity contribution in [3.63, 3.8) is 0 Å². The quantitative estimate of drug-likeness (QED) is 0.219. The molecule has 1 unspecified atom stereocenters. The summed E-state index contributed by atoms with van der Waals surface area (Å²) in [6.07, 6.45) is -0.844. The molecular weight excluding hydrogens is 476 g/mol. The molecule has 0 bridgehead atoms. The summed E-state index contributed by atoms with van der Waals surface area (Å²) in [6.45, 7) is 1.04. The third kappa shape index (κ3) is 8.92. The van der Waals surface area contributed by atoms with Gasteiger partial charge in [-0.15, -0.1) is 0 Å². The number of nitrogens with zero attached hydrogens (tertiary/aromatic N) is 3. The number of carbonyl (C=O) groups excluding carboxylic acids is 2. The highest BCUT2D eigenvalue weighted by Gasteiger charge is 2.20. The van der Waals surface area contributed by atoms with Crippen LogP contribution in [0.3, 0.4) is 0 Å². The van der Waals surface area contributed by atoms with Gasteiger partial charge in [0.05, 0.1) is 35.0 Å². The zero-order valence-electron chi connectivity index (χ0n) is 19.9. The zero-order valence-corrected chi connectivity index (χ0v) is 19.9. The predicted molar refractivity (Wildman–Crippen MR) is 128 cm³/mol. The summed E-state index contributed by atoms with van der Waals surface area (Å²) in [5, 5.41) is 34.2. The van der Waals surface area contributed by atoms with Crippen LogP contribution in [0.5, 0.6) is 5.75 Å². The van der Waals surface area contributed by atoms with Crippen molar-refractivity contribution in [2.24, 2.45) is 0 Å². The third-order valence-electron chi connectivity index (χ3n) is 5.21. The first-order chi connectivity index (χ1) is 17.1. The lowest BCUT2D eigenvalue weighted by atomic mass is 10.1. The van der Waals surface area contributed by atoms with Gasteiger partial charge >= 0.3 is 5.97 Å². The summed E-state index contributed by atoms with van der Waals surface area (Å²) in [7, 11) is 3.04. The second-order valence-corrected chi connectivity index (χ2v) is 7.91. The molecule has 13 nitrogen and oxygen atoms in total. The number of carbonyl (C=O) groups is 2. The summed E-state index contributed by atoms with van der Waals surface area (Å²) in [4.78, 5) is 46.6. The number of amides is 1. The van der Waals surface area contributed by atoms with Gasteiger partial charge in [-0.25, -0.2) is 0 Å². The molecule has 13 heteroatoms. The average Bonchev–Trinajstić information content (AvgIpc) is 2.86. The maximum Gasteiger partial charge on any atom is 0.308 e. The second kappa shape index (κ2) is 13.7. The van der Waals surface area contributed by atoms with Crippen molar-refractivity contribution in [1.82, 2.24) is 10.2 Å². The van der Waals surface area contributed by atoms with Crippen molar-refractivity contribution in [2.45, 2.75) is 18.9 Å². The topological polar surface area (TPSA) is 174 Å². The fourth-order valence-electron chi connectivity index (χ4n) is 3.12. The maximum atomic E-state index is 12.6. The highest BCUT2D eigenvalue weighted by Crippen LogP contribution is 2.24. The van der Waals surface area contributed by atoms with E-state index in [1.54, 1.807) is 12.1 Å². The normalized spacial score (nSPS) is 11.6. The van der Waals surface area contributed by atoms with Crippen LogP contribution in [0.25, 0.3) is 0 Å². The Labute approximate surface area is 206 Å². The number of nitro benzene ring substituents is 2. The van der Waals surface area contributed by atoms with Crippen LogP contribution in [0.2, 0.25) is 0 Å². The Hall–Kier alpha value is -4.10. The van der Waals surface area contributed by atoms with Gasteiger partial charge in [0.2, 0.25) is 0 Å². The highest BCUT2D eigenvalue weighted by molar-refractivity contribution is 5.97. The van der Waals surface area contributed by atoms with Gasteiger partial charge < -0.3 is 24.8 Å². The number of aliphatic hydroxyl groups excluding tert-OH is 1. The number of nitrogens with one attached hydrogen (secondary N) is 1. The molecule has 0 aromatic heterocycles. The van der Waals surface area contributed by atoms with Crippen LogP contribution in [0.15, 0.2) is 42.5 Å². The van der Waals surface area contributed by atoms with Gasteiger partial charge in [0, 0.05) is 43.9 Å². The SMILES string of the molecule is COC(=O)CC(O)CNC(=O)c1cc([N+](=O)[O-])ccc1OCCN(C)CCc1ccc([N+](=O)[O-])cc1. The van der Waals surface area contributed by atoms with Crippen molar-refractivity contribution in [3.8, 4) is 5.75 Å². The first-order valence-corrected chi connectivity index (χ1v) is 11.0. The Balaban J connectivity index is 1.93. The van der Waals surface area contributed by atoms with Crippen molar-refractivity contribution >= 4 is 23.3 Å². The summed E-state index contributed by atoms with van der Waals surface area (Å²) < 4.78 is 10.2. The molecule has 0 radical (unpaired) electrons. The standard InChI is InChI=1S/C23H28N4O9/c1-25(10-9-16-3-5-17(6-4-16)26(31)32)11-12-36-21-8-7-18(27(33)34)13-20(21)23(30)24-15-19(28)14-22(29)35-2/h3-8,13,19,28H,9-12,14-15H2,1-2H3,(H,24,30). The Bertz CT molecular complexity index is 1080. The van der Waals surface area contributed by atoms with Crippen LogP contribution in [0.1, 0.15) is 22.3 Å². The van der Waals surface area contributed by atoms with E-state index in [9.17, 15) is 34.9 Å². The highest BCUT2D eigenvalue weighted by atomic mass is 16.6. The number of non-ortho nitro benzene ring substituents is 2. The summed E-state index contributed by atoms with van der Waals surface area (Å²) >= 11 is 0. The van der Waals surface area contributed by atoms with E-state index in [-0.39, 0.29) is 42.3 Å². The van der Waals surface area contributed by atoms with E-state index in [0.29, 0.717) is 19.5 Å².